The number of benzene rings is 1. The Hall–Kier alpha value is -1.88. The van der Waals surface area contributed by atoms with Gasteiger partial charge in [-0.15, -0.1) is 0 Å². The summed E-state index contributed by atoms with van der Waals surface area (Å²) in [6, 6.07) is 5.97. The van der Waals surface area contributed by atoms with Gasteiger partial charge < -0.3 is 15.5 Å². The van der Waals surface area contributed by atoms with Gasteiger partial charge >= 0.3 is 0 Å². The van der Waals surface area contributed by atoms with Crippen LogP contribution in [0.4, 0.5) is 5.69 Å². The quantitative estimate of drug-likeness (QED) is 0.826. The van der Waals surface area contributed by atoms with Crippen LogP contribution in [0, 0.1) is 0 Å². The van der Waals surface area contributed by atoms with Crippen molar-refractivity contribution in [1.29, 1.82) is 0 Å². The summed E-state index contributed by atoms with van der Waals surface area (Å²) in [6.07, 6.45) is 1.33. The first kappa shape index (κ1) is 13.5. The van der Waals surface area contributed by atoms with E-state index in [4.69, 9.17) is 0 Å². The molecule has 1 heterocycles. The molecule has 19 heavy (non-hydrogen) atoms. The number of aryl methyl sites for hydroxylation is 1. The van der Waals surface area contributed by atoms with Crippen LogP contribution >= 0.6 is 0 Å². The van der Waals surface area contributed by atoms with Gasteiger partial charge in [-0.3, -0.25) is 9.59 Å². The van der Waals surface area contributed by atoms with E-state index in [1.54, 1.807) is 19.0 Å². The van der Waals surface area contributed by atoms with Crippen LogP contribution in [0.3, 0.4) is 0 Å². The highest BCUT2D eigenvalue weighted by atomic mass is 16.2. The summed E-state index contributed by atoms with van der Waals surface area (Å²) in [5, 5.41) is 5.65. The van der Waals surface area contributed by atoms with Crippen molar-refractivity contribution in [3.05, 3.63) is 29.3 Å². The molecule has 0 radical (unpaired) electrons. The molecule has 0 aliphatic carbocycles. The molecule has 1 aromatic rings. The van der Waals surface area contributed by atoms with E-state index in [1.807, 2.05) is 12.1 Å². The average Bonchev–Trinajstić information content (AvgIpc) is 2.41. The van der Waals surface area contributed by atoms with E-state index in [9.17, 15) is 9.59 Å². The molecule has 2 amide bonds. The lowest BCUT2D eigenvalue weighted by molar-refractivity contribution is -0.120. The number of nitrogens with one attached hydrogen (secondary N) is 2. The molecule has 0 saturated heterocycles. The van der Waals surface area contributed by atoms with Crippen LogP contribution in [-0.4, -0.2) is 32.5 Å². The van der Waals surface area contributed by atoms with Crippen molar-refractivity contribution in [2.24, 2.45) is 0 Å². The number of nitrogens with zero attached hydrogens (tertiary/aromatic N) is 1. The van der Waals surface area contributed by atoms with Gasteiger partial charge in [-0.2, -0.15) is 0 Å². The molecule has 0 unspecified atom stereocenters. The zero-order valence-corrected chi connectivity index (χ0v) is 11.3. The third kappa shape index (κ3) is 3.12. The lowest BCUT2D eigenvalue weighted by atomic mass is 9.99. The van der Waals surface area contributed by atoms with Crippen LogP contribution in [0.15, 0.2) is 18.2 Å². The van der Waals surface area contributed by atoms with Crippen molar-refractivity contribution in [2.75, 3.05) is 25.5 Å². The first-order valence-electron chi connectivity index (χ1n) is 6.41. The van der Waals surface area contributed by atoms with Gasteiger partial charge in [0.1, 0.15) is 0 Å². The summed E-state index contributed by atoms with van der Waals surface area (Å²) < 4.78 is 0. The number of carbonyl (C=O) groups excluding carboxylic acids is 2. The van der Waals surface area contributed by atoms with Crippen molar-refractivity contribution in [1.82, 2.24) is 10.6 Å². The third-order valence-electron chi connectivity index (χ3n) is 3.31. The van der Waals surface area contributed by atoms with Crippen molar-refractivity contribution >= 4 is 17.5 Å². The number of hydrogen-bond donors (Lipinski definition) is 2. The minimum Gasteiger partial charge on any atom is -0.351 e. The molecule has 0 fully saturated rings. The highest BCUT2D eigenvalue weighted by Crippen LogP contribution is 2.27. The van der Waals surface area contributed by atoms with Crippen LogP contribution in [0.1, 0.15) is 17.5 Å². The lowest BCUT2D eigenvalue weighted by Gasteiger charge is -2.26. The van der Waals surface area contributed by atoms with Crippen LogP contribution in [0.5, 0.6) is 0 Å². The summed E-state index contributed by atoms with van der Waals surface area (Å²) in [7, 11) is 3.54. The second-order valence-corrected chi connectivity index (χ2v) is 4.72. The standard InChI is InChI=1S/C14H19N3O2/c1-15-9-13(18)16-8-10-3-5-12-11(7-10)4-6-14(19)17(12)2/h3,5,7,15H,4,6,8-9H2,1-2H3,(H,16,18). The molecule has 0 bridgehead atoms. The predicted molar refractivity (Wildman–Crippen MR) is 73.9 cm³/mol. The molecular weight excluding hydrogens is 242 g/mol. The summed E-state index contributed by atoms with van der Waals surface area (Å²) in [5.74, 6) is 0.134. The van der Waals surface area contributed by atoms with Crippen molar-refractivity contribution in [2.45, 2.75) is 19.4 Å². The Bertz CT molecular complexity index is 499. The highest BCUT2D eigenvalue weighted by Gasteiger charge is 2.20. The third-order valence-corrected chi connectivity index (χ3v) is 3.31. The minimum absolute atomic E-state index is 0.0208. The normalized spacial score (nSPS) is 14.2. The topological polar surface area (TPSA) is 61.4 Å². The molecular formula is C14H19N3O2. The van der Waals surface area contributed by atoms with Crippen molar-refractivity contribution in [3.8, 4) is 0 Å². The Morgan fingerprint density at radius 1 is 1.37 bits per heavy atom. The molecule has 2 rings (SSSR count). The van der Waals surface area contributed by atoms with E-state index in [0.717, 1.165) is 17.7 Å². The van der Waals surface area contributed by atoms with E-state index in [0.29, 0.717) is 19.5 Å². The summed E-state index contributed by atoms with van der Waals surface area (Å²) in [5.41, 5.74) is 3.20. The van der Waals surface area contributed by atoms with Gasteiger partial charge in [0, 0.05) is 25.7 Å². The van der Waals surface area contributed by atoms with Gasteiger partial charge in [0.05, 0.1) is 6.54 Å². The number of carbonyl (C=O) groups is 2. The Morgan fingerprint density at radius 3 is 2.89 bits per heavy atom. The van der Waals surface area contributed by atoms with Crippen LogP contribution in [0.2, 0.25) is 0 Å². The van der Waals surface area contributed by atoms with Crippen LogP contribution in [-0.2, 0) is 22.6 Å². The number of fused-ring (bicyclic) bond motifs is 1. The molecule has 1 aliphatic rings. The maximum absolute atomic E-state index is 11.6. The molecule has 102 valence electrons. The molecule has 0 spiro atoms. The summed E-state index contributed by atoms with van der Waals surface area (Å²) >= 11 is 0. The first-order valence-corrected chi connectivity index (χ1v) is 6.41. The first-order chi connectivity index (χ1) is 9.11. The fourth-order valence-corrected chi connectivity index (χ4v) is 2.24. The van der Waals surface area contributed by atoms with Gasteiger partial charge in [-0.25, -0.2) is 0 Å². The second-order valence-electron chi connectivity index (χ2n) is 4.72. The van der Waals surface area contributed by atoms with E-state index >= 15 is 0 Å². The van der Waals surface area contributed by atoms with E-state index in [-0.39, 0.29) is 11.8 Å². The van der Waals surface area contributed by atoms with Crippen molar-refractivity contribution in [3.63, 3.8) is 0 Å². The maximum atomic E-state index is 11.6. The zero-order valence-electron chi connectivity index (χ0n) is 11.3. The zero-order chi connectivity index (χ0) is 13.8. The SMILES string of the molecule is CNCC(=O)NCc1ccc2c(c1)CCC(=O)N2C. The lowest BCUT2D eigenvalue weighted by Crippen LogP contribution is -2.32. The predicted octanol–water partition coefficient (Wildman–Crippen LogP) is 0.431. The highest BCUT2D eigenvalue weighted by molar-refractivity contribution is 5.95. The molecule has 0 atom stereocenters. The Morgan fingerprint density at radius 2 is 2.16 bits per heavy atom. The van der Waals surface area contributed by atoms with Gasteiger partial charge in [-0.1, -0.05) is 12.1 Å². The van der Waals surface area contributed by atoms with Gasteiger partial charge in [-0.05, 0) is 30.7 Å². The molecule has 5 nitrogen and oxygen atoms in total. The van der Waals surface area contributed by atoms with Gasteiger partial charge in [0.25, 0.3) is 0 Å². The molecule has 1 aliphatic heterocycles. The summed E-state index contributed by atoms with van der Waals surface area (Å²) in [4.78, 5) is 24.7. The van der Waals surface area contributed by atoms with E-state index in [1.165, 1.54) is 5.56 Å². The van der Waals surface area contributed by atoms with E-state index < -0.39 is 0 Å². The number of likely N-dealkylation sites (N-methyl/N-ethyl adjacent to an activating group) is 1. The number of rotatable bonds is 4. The monoisotopic (exact) mass is 261 g/mol. The van der Waals surface area contributed by atoms with Crippen LogP contribution < -0.4 is 15.5 Å². The fourth-order valence-electron chi connectivity index (χ4n) is 2.24. The van der Waals surface area contributed by atoms with E-state index in [2.05, 4.69) is 16.7 Å². The minimum atomic E-state index is -0.0208. The smallest absolute Gasteiger partial charge is 0.234 e. The maximum Gasteiger partial charge on any atom is 0.234 e. The molecule has 2 N–H and O–H groups in total. The average molecular weight is 261 g/mol. The Balaban J connectivity index is 2.05. The molecule has 0 aromatic heterocycles. The molecule has 5 heteroatoms. The van der Waals surface area contributed by atoms with Crippen molar-refractivity contribution < 1.29 is 9.59 Å². The van der Waals surface area contributed by atoms with Crippen LogP contribution in [0.25, 0.3) is 0 Å². The molecule has 1 aromatic carbocycles. The number of hydrogen-bond acceptors (Lipinski definition) is 3. The summed E-state index contributed by atoms with van der Waals surface area (Å²) in [6.45, 7) is 0.841. The fraction of sp³-hybridized carbons (Fsp3) is 0.429. The van der Waals surface area contributed by atoms with Gasteiger partial charge in [0.2, 0.25) is 11.8 Å². The second kappa shape index (κ2) is 5.84. The number of amides is 2. The number of anilines is 1. The Labute approximate surface area is 113 Å². The van der Waals surface area contributed by atoms with Gasteiger partial charge in [0.15, 0.2) is 0 Å². The molecule has 0 saturated carbocycles. The Kier molecular flexibility index (Phi) is 4.16. The largest absolute Gasteiger partial charge is 0.351 e.